The van der Waals surface area contributed by atoms with Gasteiger partial charge in [-0.15, -0.1) is 10.2 Å². The van der Waals surface area contributed by atoms with Crippen LogP contribution in [-0.4, -0.2) is 46.5 Å². The van der Waals surface area contributed by atoms with Crippen molar-refractivity contribution in [3.8, 4) is 17.1 Å². The lowest BCUT2D eigenvalue weighted by Crippen LogP contribution is -2.14. The van der Waals surface area contributed by atoms with Crippen molar-refractivity contribution in [3.63, 3.8) is 0 Å². The van der Waals surface area contributed by atoms with Gasteiger partial charge in [-0.3, -0.25) is 0 Å². The Hall–Kier alpha value is -2.75. The molecule has 0 amide bonds. The van der Waals surface area contributed by atoms with E-state index in [-0.39, 0.29) is 12.0 Å². The predicted molar refractivity (Wildman–Crippen MR) is 102 cm³/mol. The highest BCUT2D eigenvalue weighted by molar-refractivity contribution is 7.91. The second-order valence-electron chi connectivity index (χ2n) is 6.21. The van der Waals surface area contributed by atoms with E-state index in [9.17, 15) is 4.55 Å². The molecule has 3 heterocycles. The fourth-order valence-corrected chi connectivity index (χ4v) is 3.57. The van der Waals surface area contributed by atoms with Crippen LogP contribution >= 0.6 is 0 Å². The van der Waals surface area contributed by atoms with E-state index in [2.05, 4.69) is 25.3 Å². The van der Waals surface area contributed by atoms with Gasteiger partial charge < -0.3 is 14.3 Å². The summed E-state index contributed by atoms with van der Waals surface area (Å²) >= 11 is -1.26. The summed E-state index contributed by atoms with van der Waals surface area (Å²) in [6.45, 7) is 3.82. The molecule has 1 N–H and O–H groups in total. The van der Waals surface area contributed by atoms with E-state index in [1.54, 1.807) is 17.1 Å². The van der Waals surface area contributed by atoms with Gasteiger partial charge in [-0.05, 0) is 26.0 Å². The van der Waals surface area contributed by atoms with Crippen molar-refractivity contribution >= 4 is 22.2 Å². The molecular weight excluding hydrogens is 364 g/mol. The maximum atomic E-state index is 12.3. The lowest BCUT2D eigenvalue weighted by Gasteiger charge is -2.12. The Kier molecular flexibility index (Phi) is 4.88. The second-order valence-corrected chi connectivity index (χ2v) is 7.61. The molecule has 4 rings (SSSR count). The third kappa shape index (κ3) is 3.70. The number of ether oxygens (including phenoxy) is 1. The van der Waals surface area contributed by atoms with Crippen LogP contribution in [0.1, 0.15) is 13.8 Å². The minimum atomic E-state index is -1.26. The summed E-state index contributed by atoms with van der Waals surface area (Å²) in [7, 11) is 0. The summed E-state index contributed by atoms with van der Waals surface area (Å²) < 4.78 is 19.5. The van der Waals surface area contributed by atoms with Crippen molar-refractivity contribution in [1.29, 1.82) is 0 Å². The van der Waals surface area contributed by atoms with Gasteiger partial charge in [0.05, 0.1) is 24.2 Å². The third-order valence-corrected chi connectivity index (χ3v) is 5.03. The number of rotatable bonds is 6. The first kappa shape index (κ1) is 17.7. The molecule has 1 aromatic carbocycles. The summed E-state index contributed by atoms with van der Waals surface area (Å²) in [6, 6.07) is 9.60. The molecular formula is C18H18N6O2S. The molecule has 0 spiro atoms. The van der Waals surface area contributed by atoms with E-state index < -0.39 is 11.2 Å². The number of hydrogen-bond donors (Lipinski definition) is 1. The van der Waals surface area contributed by atoms with Gasteiger partial charge in [0.15, 0.2) is 16.4 Å². The average molecular weight is 382 g/mol. The fourth-order valence-electron chi connectivity index (χ4n) is 2.61. The van der Waals surface area contributed by atoms with Crippen molar-refractivity contribution < 1.29 is 9.29 Å². The molecule has 0 aliphatic carbocycles. The van der Waals surface area contributed by atoms with Crippen molar-refractivity contribution in [2.75, 3.05) is 5.94 Å². The van der Waals surface area contributed by atoms with Crippen LogP contribution in [0.2, 0.25) is 0 Å². The highest BCUT2D eigenvalue weighted by atomic mass is 32.2. The number of benzene rings is 1. The smallest absolute Gasteiger partial charge is 0.211 e. The van der Waals surface area contributed by atoms with Gasteiger partial charge in [0.2, 0.25) is 5.94 Å². The Labute approximate surface area is 158 Å². The predicted octanol–water partition coefficient (Wildman–Crippen LogP) is 2.70. The van der Waals surface area contributed by atoms with Crippen molar-refractivity contribution in [2.45, 2.75) is 24.8 Å². The summed E-state index contributed by atoms with van der Waals surface area (Å²) in [5.41, 5.74) is 2.44. The van der Waals surface area contributed by atoms with Gasteiger partial charge in [0.25, 0.3) is 0 Å². The van der Waals surface area contributed by atoms with Crippen LogP contribution in [0, 0.1) is 0 Å². The number of pyridine rings is 1. The highest BCUT2D eigenvalue weighted by Crippen LogP contribution is 2.23. The highest BCUT2D eigenvalue weighted by Gasteiger charge is 2.16. The number of nitrogens with one attached hydrogen (secondary N) is 1. The maximum Gasteiger partial charge on any atom is 0.211 e. The van der Waals surface area contributed by atoms with Crippen LogP contribution < -0.4 is 0 Å². The molecule has 1 atom stereocenters. The van der Waals surface area contributed by atoms with Crippen LogP contribution in [0.5, 0.6) is 0 Å². The SMILES string of the molecule is CC(C)OC[S+]([O-])c1cnc2c(cnn2-c2cccc(-c3nnc[nH]3)c2)c1. The summed E-state index contributed by atoms with van der Waals surface area (Å²) in [6.07, 6.45) is 4.90. The van der Waals surface area contributed by atoms with Crippen LogP contribution in [0.3, 0.4) is 0 Å². The Morgan fingerprint density at radius 1 is 1.26 bits per heavy atom. The van der Waals surface area contributed by atoms with E-state index in [1.165, 1.54) is 6.33 Å². The lowest BCUT2D eigenvalue weighted by atomic mass is 10.2. The van der Waals surface area contributed by atoms with E-state index in [1.807, 2.05) is 44.2 Å². The van der Waals surface area contributed by atoms with Gasteiger partial charge in [-0.25, -0.2) is 9.67 Å². The fraction of sp³-hybridized carbons (Fsp3) is 0.222. The molecule has 0 radical (unpaired) electrons. The van der Waals surface area contributed by atoms with Gasteiger partial charge in [0.1, 0.15) is 6.33 Å². The Balaban J connectivity index is 1.65. The standard InChI is InChI=1S/C18H18N6O2S/c1-12(2)26-11-27(25)16-7-14-8-22-24(18(14)19-9-16)15-5-3-4-13(6-15)17-20-10-21-23-17/h3-10,12H,11H2,1-2H3,(H,20,21,23). The normalized spacial score (nSPS) is 12.7. The molecule has 138 valence electrons. The second kappa shape index (κ2) is 7.47. The first-order valence-electron chi connectivity index (χ1n) is 8.42. The zero-order valence-corrected chi connectivity index (χ0v) is 15.7. The topological polar surface area (TPSA) is 105 Å². The van der Waals surface area contributed by atoms with E-state index in [0.29, 0.717) is 16.4 Å². The van der Waals surface area contributed by atoms with Crippen molar-refractivity contribution in [1.82, 2.24) is 29.9 Å². The summed E-state index contributed by atoms with van der Waals surface area (Å²) in [4.78, 5) is 8.09. The molecule has 0 aliphatic rings. The van der Waals surface area contributed by atoms with Gasteiger partial charge in [-0.2, -0.15) is 5.10 Å². The largest absolute Gasteiger partial charge is 0.610 e. The molecule has 0 saturated heterocycles. The Bertz CT molecular complexity index is 1050. The maximum absolute atomic E-state index is 12.3. The molecule has 27 heavy (non-hydrogen) atoms. The van der Waals surface area contributed by atoms with Crippen molar-refractivity contribution in [2.24, 2.45) is 0 Å². The molecule has 0 aliphatic heterocycles. The number of H-pyrrole nitrogens is 1. The van der Waals surface area contributed by atoms with E-state index in [4.69, 9.17) is 4.74 Å². The first-order chi connectivity index (χ1) is 13.1. The molecule has 0 bridgehead atoms. The monoisotopic (exact) mass is 382 g/mol. The van der Waals surface area contributed by atoms with Gasteiger partial charge in [-0.1, -0.05) is 12.1 Å². The van der Waals surface area contributed by atoms with E-state index >= 15 is 0 Å². The van der Waals surface area contributed by atoms with Crippen LogP contribution in [-0.2, 0) is 15.9 Å². The first-order valence-corrected chi connectivity index (χ1v) is 9.74. The lowest BCUT2D eigenvalue weighted by molar-refractivity contribution is 0.115. The number of aromatic nitrogens is 6. The quantitative estimate of drug-likeness (QED) is 0.514. The van der Waals surface area contributed by atoms with E-state index in [0.717, 1.165) is 16.6 Å². The average Bonchev–Trinajstić information content (AvgIpc) is 3.35. The molecule has 8 nitrogen and oxygen atoms in total. The third-order valence-electron chi connectivity index (χ3n) is 3.94. The van der Waals surface area contributed by atoms with Gasteiger partial charge >= 0.3 is 0 Å². The Morgan fingerprint density at radius 3 is 2.93 bits per heavy atom. The van der Waals surface area contributed by atoms with Crippen LogP contribution in [0.4, 0.5) is 0 Å². The number of aromatic amines is 1. The number of hydrogen-bond acceptors (Lipinski definition) is 6. The zero-order valence-electron chi connectivity index (χ0n) is 14.9. The summed E-state index contributed by atoms with van der Waals surface area (Å²) in [5.74, 6) is 0.835. The Morgan fingerprint density at radius 2 is 2.15 bits per heavy atom. The molecule has 9 heteroatoms. The molecule has 3 aromatic heterocycles. The zero-order chi connectivity index (χ0) is 18.8. The molecule has 0 fully saturated rings. The molecule has 0 saturated carbocycles. The molecule has 4 aromatic rings. The van der Waals surface area contributed by atoms with Crippen LogP contribution in [0.25, 0.3) is 28.1 Å². The minimum Gasteiger partial charge on any atom is -0.610 e. The molecule has 1 unspecified atom stereocenters. The minimum absolute atomic E-state index is 0.0324. The van der Waals surface area contributed by atoms with Gasteiger partial charge in [0, 0.05) is 28.2 Å². The van der Waals surface area contributed by atoms with Crippen molar-refractivity contribution in [3.05, 3.63) is 49.1 Å². The summed E-state index contributed by atoms with van der Waals surface area (Å²) in [5, 5.41) is 13.1. The van der Waals surface area contributed by atoms with Crippen LogP contribution in [0.15, 0.2) is 53.9 Å². The number of fused-ring (bicyclic) bond motifs is 1. The number of nitrogens with zero attached hydrogens (tertiary/aromatic N) is 5.